The molecule has 1 N–H and O–H groups in total. The Kier molecular flexibility index (Phi) is 4.40. The maximum Gasteiger partial charge on any atom is 0.410 e. The lowest BCUT2D eigenvalue weighted by molar-refractivity contribution is 0.0293. The van der Waals surface area contributed by atoms with E-state index in [2.05, 4.69) is 16.4 Å². The summed E-state index contributed by atoms with van der Waals surface area (Å²) in [5, 5.41) is 3.42. The Hall–Kier alpha value is -1.78. The first-order chi connectivity index (χ1) is 9.74. The normalized spacial score (nSPS) is 18.7. The number of rotatable bonds is 2. The lowest BCUT2D eigenvalue weighted by atomic mass is 10.2. The lowest BCUT2D eigenvalue weighted by Gasteiger charge is -2.24. The molecular formula is C16H25N3O2. The highest BCUT2D eigenvalue weighted by atomic mass is 16.6. The molecule has 1 fully saturated rings. The molecule has 116 valence electrons. The molecule has 2 heterocycles. The van der Waals surface area contributed by atoms with Crippen LogP contribution in [0.4, 0.5) is 10.6 Å². The monoisotopic (exact) mass is 291 g/mol. The summed E-state index contributed by atoms with van der Waals surface area (Å²) in [5.41, 5.74) is 1.84. The Balaban J connectivity index is 1.92. The topological polar surface area (TPSA) is 54.5 Å². The van der Waals surface area contributed by atoms with Crippen LogP contribution < -0.4 is 5.32 Å². The summed E-state index contributed by atoms with van der Waals surface area (Å²) < 4.78 is 5.40. The molecular weight excluding hydrogens is 266 g/mol. The van der Waals surface area contributed by atoms with Crippen LogP contribution in [0.1, 0.15) is 38.3 Å². The predicted molar refractivity (Wildman–Crippen MR) is 83.5 cm³/mol. The molecule has 5 heteroatoms. The van der Waals surface area contributed by atoms with Crippen molar-refractivity contribution < 1.29 is 9.53 Å². The number of carbonyl (C=O) groups is 1. The molecule has 1 aliphatic heterocycles. The first-order valence-corrected chi connectivity index (χ1v) is 7.42. The van der Waals surface area contributed by atoms with Gasteiger partial charge in [-0.3, -0.25) is 0 Å². The highest BCUT2D eigenvalue weighted by Crippen LogP contribution is 2.20. The van der Waals surface area contributed by atoms with E-state index in [1.54, 1.807) is 4.90 Å². The Morgan fingerprint density at radius 1 is 1.43 bits per heavy atom. The maximum atomic E-state index is 12.0. The molecule has 21 heavy (non-hydrogen) atoms. The number of hydrogen-bond donors (Lipinski definition) is 1. The van der Waals surface area contributed by atoms with Gasteiger partial charge < -0.3 is 15.0 Å². The lowest BCUT2D eigenvalue weighted by Crippen LogP contribution is -2.36. The van der Waals surface area contributed by atoms with E-state index in [0.29, 0.717) is 6.54 Å². The zero-order chi connectivity index (χ0) is 15.6. The quantitative estimate of drug-likeness (QED) is 0.909. The zero-order valence-corrected chi connectivity index (χ0v) is 13.6. The summed E-state index contributed by atoms with van der Waals surface area (Å²) in [6.45, 7) is 11.1. The van der Waals surface area contributed by atoms with E-state index in [-0.39, 0.29) is 12.1 Å². The number of hydrogen-bond acceptors (Lipinski definition) is 4. The summed E-state index contributed by atoms with van der Waals surface area (Å²) >= 11 is 0. The van der Waals surface area contributed by atoms with Crippen LogP contribution in [-0.4, -0.2) is 40.7 Å². The van der Waals surface area contributed by atoms with Crippen molar-refractivity contribution in [3.63, 3.8) is 0 Å². The van der Waals surface area contributed by atoms with Gasteiger partial charge in [-0.15, -0.1) is 0 Å². The van der Waals surface area contributed by atoms with Crippen LogP contribution in [0.25, 0.3) is 0 Å². The predicted octanol–water partition coefficient (Wildman–Crippen LogP) is 3.12. The fourth-order valence-corrected chi connectivity index (χ4v) is 2.43. The van der Waals surface area contributed by atoms with Crippen molar-refractivity contribution in [1.29, 1.82) is 0 Å². The second-order valence-electron chi connectivity index (χ2n) is 6.73. The number of anilines is 1. The van der Waals surface area contributed by atoms with Gasteiger partial charge in [-0.1, -0.05) is 6.07 Å². The van der Waals surface area contributed by atoms with Gasteiger partial charge in [0.05, 0.1) is 0 Å². The second kappa shape index (κ2) is 5.92. The molecule has 2 rings (SSSR count). The largest absolute Gasteiger partial charge is 0.444 e. The molecule has 1 amide bonds. The van der Waals surface area contributed by atoms with E-state index in [4.69, 9.17) is 4.74 Å². The van der Waals surface area contributed by atoms with E-state index in [1.165, 1.54) is 0 Å². The number of likely N-dealkylation sites (tertiary alicyclic amines) is 1. The van der Waals surface area contributed by atoms with Crippen molar-refractivity contribution >= 4 is 11.9 Å². The first-order valence-electron chi connectivity index (χ1n) is 7.42. The number of ether oxygens (including phenoxy) is 1. The fraction of sp³-hybridized carbons (Fsp3) is 0.625. The number of pyridine rings is 1. The summed E-state index contributed by atoms with van der Waals surface area (Å²) in [6, 6.07) is 2.34. The minimum Gasteiger partial charge on any atom is -0.444 e. The van der Waals surface area contributed by atoms with Gasteiger partial charge in [0.25, 0.3) is 0 Å². The van der Waals surface area contributed by atoms with Crippen LogP contribution in [0.2, 0.25) is 0 Å². The molecule has 0 aromatic carbocycles. The van der Waals surface area contributed by atoms with Crippen LogP contribution in [0.3, 0.4) is 0 Å². The number of nitrogens with zero attached hydrogens (tertiary/aromatic N) is 2. The minimum atomic E-state index is -0.447. The molecule has 1 aromatic heterocycles. The van der Waals surface area contributed by atoms with E-state index in [0.717, 1.165) is 29.9 Å². The standard InChI is InChI=1S/C16H25N3O2/c1-11-8-12(2)14(17-9-11)18-13-6-7-19(10-13)15(20)21-16(3,4)5/h8-9,13H,6-7,10H2,1-5H3,(H,17,18). The number of aromatic nitrogens is 1. The molecule has 0 saturated carbocycles. The average Bonchev–Trinajstić information content (AvgIpc) is 2.79. The van der Waals surface area contributed by atoms with E-state index >= 15 is 0 Å². The SMILES string of the molecule is Cc1cnc(NC2CCN(C(=O)OC(C)(C)C)C2)c(C)c1. The Morgan fingerprint density at radius 3 is 2.76 bits per heavy atom. The Morgan fingerprint density at radius 2 is 2.14 bits per heavy atom. The molecule has 1 unspecified atom stereocenters. The second-order valence-corrected chi connectivity index (χ2v) is 6.73. The molecule has 1 saturated heterocycles. The van der Waals surface area contributed by atoms with Gasteiger partial charge in [0, 0.05) is 25.3 Å². The summed E-state index contributed by atoms with van der Waals surface area (Å²) in [7, 11) is 0. The van der Waals surface area contributed by atoms with E-state index in [9.17, 15) is 4.79 Å². The number of nitrogens with one attached hydrogen (secondary N) is 1. The molecule has 1 aliphatic rings. The highest BCUT2D eigenvalue weighted by molar-refractivity contribution is 5.68. The van der Waals surface area contributed by atoms with Gasteiger partial charge in [0.2, 0.25) is 0 Å². The van der Waals surface area contributed by atoms with Gasteiger partial charge in [0.1, 0.15) is 11.4 Å². The number of aryl methyl sites for hydroxylation is 2. The van der Waals surface area contributed by atoms with Crippen LogP contribution in [0.5, 0.6) is 0 Å². The smallest absolute Gasteiger partial charge is 0.410 e. The van der Waals surface area contributed by atoms with Crippen molar-refractivity contribution in [2.24, 2.45) is 0 Å². The minimum absolute atomic E-state index is 0.228. The summed E-state index contributed by atoms with van der Waals surface area (Å²) in [5.74, 6) is 0.900. The van der Waals surface area contributed by atoms with Gasteiger partial charge in [-0.2, -0.15) is 0 Å². The zero-order valence-electron chi connectivity index (χ0n) is 13.6. The van der Waals surface area contributed by atoms with Gasteiger partial charge >= 0.3 is 6.09 Å². The van der Waals surface area contributed by atoms with Crippen molar-refractivity contribution in [2.75, 3.05) is 18.4 Å². The Bertz CT molecular complexity index is 523. The van der Waals surface area contributed by atoms with Gasteiger partial charge in [0.15, 0.2) is 0 Å². The third kappa shape index (κ3) is 4.34. The van der Waals surface area contributed by atoms with Crippen molar-refractivity contribution in [1.82, 2.24) is 9.88 Å². The van der Waals surface area contributed by atoms with Crippen molar-refractivity contribution in [3.05, 3.63) is 23.4 Å². The maximum absolute atomic E-state index is 12.0. The van der Waals surface area contributed by atoms with E-state index < -0.39 is 5.60 Å². The van der Waals surface area contributed by atoms with E-state index in [1.807, 2.05) is 40.8 Å². The molecule has 1 aromatic rings. The number of amides is 1. The average molecular weight is 291 g/mol. The summed E-state index contributed by atoms with van der Waals surface area (Å²) in [6.07, 6.45) is 2.53. The third-order valence-electron chi connectivity index (χ3n) is 3.40. The molecule has 0 bridgehead atoms. The number of carbonyl (C=O) groups excluding carboxylic acids is 1. The molecule has 0 radical (unpaired) electrons. The van der Waals surface area contributed by atoms with Crippen LogP contribution in [0, 0.1) is 13.8 Å². The van der Waals surface area contributed by atoms with Crippen LogP contribution >= 0.6 is 0 Å². The molecule has 0 aliphatic carbocycles. The van der Waals surface area contributed by atoms with Crippen molar-refractivity contribution in [2.45, 2.75) is 52.7 Å². The van der Waals surface area contributed by atoms with Crippen LogP contribution in [-0.2, 0) is 4.74 Å². The highest BCUT2D eigenvalue weighted by Gasteiger charge is 2.29. The van der Waals surface area contributed by atoms with Crippen LogP contribution in [0.15, 0.2) is 12.3 Å². The molecule has 1 atom stereocenters. The van der Waals surface area contributed by atoms with Gasteiger partial charge in [-0.25, -0.2) is 9.78 Å². The molecule has 0 spiro atoms. The fourth-order valence-electron chi connectivity index (χ4n) is 2.43. The summed E-state index contributed by atoms with van der Waals surface area (Å²) in [4.78, 5) is 18.2. The third-order valence-corrected chi connectivity index (χ3v) is 3.40. The Labute approximate surface area is 126 Å². The molecule has 5 nitrogen and oxygen atoms in total. The van der Waals surface area contributed by atoms with Gasteiger partial charge in [-0.05, 0) is 52.2 Å². The first kappa shape index (κ1) is 15.6. The van der Waals surface area contributed by atoms with Crippen molar-refractivity contribution in [3.8, 4) is 0 Å².